The SMILES string of the molecule is Nc1nc(-c2ccc(Br)o2)c2c(n1)C(Cc1ccccc1OC(F)(F)F)OC2=O. The summed E-state index contributed by atoms with van der Waals surface area (Å²) in [5.41, 5.74) is 6.34. The molecule has 0 radical (unpaired) electrons. The zero-order valence-corrected chi connectivity index (χ0v) is 16.0. The third kappa shape index (κ3) is 3.90. The van der Waals surface area contributed by atoms with Gasteiger partial charge in [0.25, 0.3) is 0 Å². The van der Waals surface area contributed by atoms with E-state index in [0.717, 1.165) is 0 Å². The molecule has 2 aromatic heterocycles. The van der Waals surface area contributed by atoms with Crippen molar-refractivity contribution in [2.75, 3.05) is 5.73 Å². The van der Waals surface area contributed by atoms with Crippen LogP contribution in [0.25, 0.3) is 11.5 Å². The molecule has 150 valence electrons. The number of ether oxygens (including phenoxy) is 2. The first-order valence-electron chi connectivity index (χ1n) is 8.19. The number of anilines is 1. The van der Waals surface area contributed by atoms with Gasteiger partial charge in [0.2, 0.25) is 5.95 Å². The molecular weight excluding hydrogens is 459 g/mol. The molecule has 0 amide bonds. The van der Waals surface area contributed by atoms with Crippen LogP contribution in [0, 0.1) is 0 Å². The number of halogens is 4. The maximum Gasteiger partial charge on any atom is 0.573 e. The Kier molecular flexibility index (Phi) is 4.69. The molecule has 7 nitrogen and oxygen atoms in total. The number of alkyl halides is 3. The van der Waals surface area contributed by atoms with Crippen LogP contribution < -0.4 is 10.5 Å². The summed E-state index contributed by atoms with van der Waals surface area (Å²) in [6.07, 6.45) is -5.91. The molecule has 11 heteroatoms. The van der Waals surface area contributed by atoms with Gasteiger partial charge in [0.15, 0.2) is 10.4 Å². The second kappa shape index (κ2) is 7.07. The molecule has 0 saturated heterocycles. The van der Waals surface area contributed by atoms with Crippen molar-refractivity contribution in [3.63, 3.8) is 0 Å². The Bertz CT molecular complexity index is 1100. The van der Waals surface area contributed by atoms with Gasteiger partial charge in [-0.1, -0.05) is 18.2 Å². The van der Waals surface area contributed by atoms with E-state index < -0.39 is 18.4 Å². The molecule has 0 bridgehead atoms. The van der Waals surface area contributed by atoms with Crippen LogP contribution in [0.3, 0.4) is 0 Å². The molecule has 1 aliphatic rings. The number of hydrogen-bond donors (Lipinski definition) is 1. The summed E-state index contributed by atoms with van der Waals surface area (Å²) in [7, 11) is 0. The maximum absolute atomic E-state index is 12.7. The van der Waals surface area contributed by atoms with Crippen molar-refractivity contribution in [2.24, 2.45) is 0 Å². The van der Waals surface area contributed by atoms with Crippen LogP contribution in [0.5, 0.6) is 5.75 Å². The Balaban J connectivity index is 1.73. The summed E-state index contributed by atoms with van der Waals surface area (Å²) in [5, 5.41) is 0. The van der Waals surface area contributed by atoms with Crippen molar-refractivity contribution in [3.8, 4) is 17.2 Å². The van der Waals surface area contributed by atoms with E-state index in [-0.39, 0.29) is 46.4 Å². The Morgan fingerprint density at radius 1 is 1.17 bits per heavy atom. The molecule has 4 rings (SSSR count). The molecule has 1 aromatic carbocycles. The number of fused-ring (bicyclic) bond motifs is 1. The summed E-state index contributed by atoms with van der Waals surface area (Å²) >= 11 is 3.17. The van der Waals surface area contributed by atoms with Gasteiger partial charge >= 0.3 is 12.3 Å². The highest BCUT2D eigenvalue weighted by molar-refractivity contribution is 9.10. The van der Waals surface area contributed by atoms with Gasteiger partial charge in [0, 0.05) is 6.42 Å². The van der Waals surface area contributed by atoms with E-state index in [1.54, 1.807) is 18.2 Å². The average Bonchev–Trinajstić information content (AvgIpc) is 3.19. The van der Waals surface area contributed by atoms with Gasteiger partial charge in [-0.2, -0.15) is 0 Å². The van der Waals surface area contributed by atoms with Gasteiger partial charge in [-0.15, -0.1) is 13.2 Å². The Hall–Kier alpha value is -3.08. The number of rotatable bonds is 4. The highest BCUT2D eigenvalue weighted by atomic mass is 79.9. The van der Waals surface area contributed by atoms with Crippen molar-refractivity contribution in [3.05, 3.63) is 57.9 Å². The number of carbonyl (C=O) groups excluding carboxylic acids is 1. The van der Waals surface area contributed by atoms with Crippen LogP contribution in [0.4, 0.5) is 19.1 Å². The van der Waals surface area contributed by atoms with Crippen molar-refractivity contribution < 1.29 is 31.9 Å². The number of para-hydroxylation sites is 1. The molecule has 0 fully saturated rings. The summed E-state index contributed by atoms with van der Waals surface area (Å²) < 4.78 is 53.3. The topological polar surface area (TPSA) is 100 Å². The zero-order valence-electron chi connectivity index (χ0n) is 14.4. The summed E-state index contributed by atoms with van der Waals surface area (Å²) in [5.74, 6) is -0.974. The Morgan fingerprint density at radius 3 is 2.62 bits per heavy atom. The lowest BCUT2D eigenvalue weighted by molar-refractivity contribution is -0.275. The van der Waals surface area contributed by atoms with Crippen molar-refractivity contribution in [2.45, 2.75) is 18.9 Å². The number of aromatic nitrogens is 2. The monoisotopic (exact) mass is 469 g/mol. The largest absolute Gasteiger partial charge is 0.573 e. The van der Waals surface area contributed by atoms with Crippen LogP contribution in [0.15, 0.2) is 45.5 Å². The van der Waals surface area contributed by atoms with E-state index in [1.807, 2.05) is 0 Å². The lowest BCUT2D eigenvalue weighted by atomic mass is 10.0. The van der Waals surface area contributed by atoms with Crippen molar-refractivity contribution in [1.82, 2.24) is 9.97 Å². The zero-order chi connectivity index (χ0) is 20.8. The lowest BCUT2D eigenvalue weighted by Gasteiger charge is -2.15. The Labute approximate surface area is 169 Å². The van der Waals surface area contributed by atoms with E-state index in [9.17, 15) is 18.0 Å². The molecule has 0 aliphatic carbocycles. The fourth-order valence-corrected chi connectivity index (χ4v) is 3.34. The quantitative estimate of drug-likeness (QED) is 0.563. The number of nitrogen functional groups attached to an aromatic ring is 1. The first kappa shape index (κ1) is 19.2. The third-order valence-electron chi connectivity index (χ3n) is 4.12. The standard InChI is InChI=1S/C18H11BrF3N3O4/c19-12-6-5-10(27-12)14-13-15(25-17(23)24-14)11(28-16(13)26)7-8-3-1-2-4-9(8)29-18(20,21)22/h1-6,11H,7H2,(H2,23,24,25). The first-order valence-corrected chi connectivity index (χ1v) is 8.98. The fraction of sp³-hybridized carbons (Fsp3) is 0.167. The number of carbonyl (C=O) groups is 1. The Morgan fingerprint density at radius 2 is 1.93 bits per heavy atom. The molecule has 29 heavy (non-hydrogen) atoms. The van der Waals surface area contributed by atoms with Crippen LogP contribution in [-0.2, 0) is 11.2 Å². The highest BCUT2D eigenvalue weighted by Crippen LogP contribution is 2.39. The predicted molar refractivity (Wildman–Crippen MR) is 96.8 cm³/mol. The molecule has 3 aromatic rings. The number of benzene rings is 1. The minimum absolute atomic E-state index is 0.0558. The van der Waals surface area contributed by atoms with E-state index in [2.05, 4.69) is 30.6 Å². The number of nitrogens with two attached hydrogens (primary N) is 1. The van der Waals surface area contributed by atoms with Gasteiger partial charge in [0.05, 0.1) is 0 Å². The second-order valence-corrected chi connectivity index (χ2v) is 6.83. The van der Waals surface area contributed by atoms with Gasteiger partial charge < -0.3 is 19.6 Å². The van der Waals surface area contributed by atoms with Gasteiger partial charge in [0.1, 0.15) is 28.8 Å². The van der Waals surface area contributed by atoms with Crippen LogP contribution >= 0.6 is 15.9 Å². The second-order valence-electron chi connectivity index (χ2n) is 6.05. The van der Waals surface area contributed by atoms with Crippen molar-refractivity contribution >= 4 is 27.8 Å². The third-order valence-corrected chi connectivity index (χ3v) is 4.55. The molecule has 0 saturated carbocycles. The fourth-order valence-electron chi connectivity index (χ4n) is 3.03. The van der Waals surface area contributed by atoms with Gasteiger partial charge in [-0.25, -0.2) is 14.8 Å². The average molecular weight is 470 g/mol. The molecule has 1 unspecified atom stereocenters. The van der Waals surface area contributed by atoms with Gasteiger partial charge in [-0.3, -0.25) is 0 Å². The summed E-state index contributed by atoms with van der Waals surface area (Å²) in [6.45, 7) is 0. The minimum Gasteiger partial charge on any atom is -0.452 e. The number of nitrogens with zero attached hydrogens (tertiary/aromatic N) is 2. The van der Waals surface area contributed by atoms with E-state index >= 15 is 0 Å². The van der Waals surface area contributed by atoms with E-state index in [4.69, 9.17) is 14.9 Å². The molecule has 2 N–H and O–H groups in total. The summed E-state index contributed by atoms with van der Waals surface area (Å²) in [6, 6.07) is 8.78. The molecule has 1 atom stereocenters. The van der Waals surface area contributed by atoms with E-state index in [1.165, 1.54) is 18.2 Å². The molecule has 3 heterocycles. The number of furan rings is 1. The summed E-state index contributed by atoms with van der Waals surface area (Å²) in [4.78, 5) is 20.6. The van der Waals surface area contributed by atoms with Gasteiger partial charge in [-0.05, 0) is 39.7 Å². The molecule has 0 spiro atoms. The number of hydrogen-bond acceptors (Lipinski definition) is 7. The van der Waals surface area contributed by atoms with Crippen LogP contribution in [0.1, 0.15) is 27.7 Å². The maximum atomic E-state index is 12.7. The number of cyclic esters (lactones) is 1. The molecule has 1 aliphatic heterocycles. The molecular formula is C18H11BrF3N3O4. The van der Waals surface area contributed by atoms with Crippen LogP contribution in [0.2, 0.25) is 0 Å². The van der Waals surface area contributed by atoms with E-state index in [0.29, 0.717) is 4.67 Å². The smallest absolute Gasteiger partial charge is 0.452 e. The lowest BCUT2D eigenvalue weighted by Crippen LogP contribution is -2.18. The number of esters is 1. The van der Waals surface area contributed by atoms with Crippen LogP contribution in [-0.4, -0.2) is 22.3 Å². The predicted octanol–water partition coefficient (Wildman–Crippen LogP) is 4.43. The first-order chi connectivity index (χ1) is 13.7. The van der Waals surface area contributed by atoms with Crippen molar-refractivity contribution in [1.29, 1.82) is 0 Å². The minimum atomic E-state index is -4.85. The highest BCUT2D eigenvalue weighted by Gasteiger charge is 2.39. The normalized spacial score (nSPS) is 15.9.